The summed E-state index contributed by atoms with van der Waals surface area (Å²) < 4.78 is 13.1. The fourth-order valence-corrected chi connectivity index (χ4v) is 5.67. The molecule has 0 bridgehead atoms. The van der Waals surface area contributed by atoms with Gasteiger partial charge in [0.05, 0.1) is 24.4 Å². The second-order valence-electron chi connectivity index (χ2n) is 10.6. The summed E-state index contributed by atoms with van der Waals surface area (Å²) >= 11 is 6.05. The van der Waals surface area contributed by atoms with Gasteiger partial charge in [-0.05, 0) is 47.2 Å². The van der Waals surface area contributed by atoms with Crippen LogP contribution < -0.4 is 5.73 Å². The molecule has 2 heterocycles. The Kier molecular flexibility index (Phi) is 8.50. The molecule has 202 valence electrons. The summed E-state index contributed by atoms with van der Waals surface area (Å²) in [6.07, 6.45) is 0.592. The van der Waals surface area contributed by atoms with E-state index in [-0.39, 0.29) is 24.7 Å². The highest BCUT2D eigenvalue weighted by Gasteiger charge is 2.41. The molecule has 0 aromatic heterocycles. The number of benzene rings is 3. The van der Waals surface area contributed by atoms with E-state index < -0.39 is 11.9 Å². The van der Waals surface area contributed by atoms with Crippen LogP contribution in [0.5, 0.6) is 0 Å². The largest absolute Gasteiger partial charge is 0.392 e. The van der Waals surface area contributed by atoms with Crippen molar-refractivity contribution < 1.29 is 19.7 Å². The number of nitrogens with zero attached hydrogens (tertiary/aromatic N) is 1. The van der Waals surface area contributed by atoms with Crippen LogP contribution in [0.4, 0.5) is 0 Å². The van der Waals surface area contributed by atoms with Crippen LogP contribution in [-0.4, -0.2) is 40.9 Å². The van der Waals surface area contributed by atoms with Gasteiger partial charge in [0, 0.05) is 42.7 Å². The van der Waals surface area contributed by atoms with E-state index in [2.05, 4.69) is 11.8 Å². The zero-order valence-electron chi connectivity index (χ0n) is 21.8. The van der Waals surface area contributed by atoms with Crippen molar-refractivity contribution in [1.29, 1.82) is 0 Å². The Balaban J connectivity index is 1.32. The van der Waals surface area contributed by atoms with Crippen LogP contribution in [0.1, 0.15) is 60.0 Å². The number of hydrogen-bond acceptors (Lipinski definition) is 6. The summed E-state index contributed by atoms with van der Waals surface area (Å²) in [4.78, 5) is 2.39. The topological polar surface area (TPSA) is 88.2 Å². The molecule has 4 atom stereocenters. The highest BCUT2D eigenvalue weighted by Crippen LogP contribution is 2.42. The molecule has 0 spiro atoms. The average molecular weight is 537 g/mol. The van der Waals surface area contributed by atoms with Crippen molar-refractivity contribution in [3.05, 3.63) is 106 Å². The molecule has 0 unspecified atom stereocenters. The molecule has 2 fully saturated rings. The second-order valence-corrected chi connectivity index (χ2v) is 11.0. The first-order chi connectivity index (χ1) is 18.4. The van der Waals surface area contributed by atoms with E-state index in [1.54, 1.807) is 0 Å². The maximum atomic E-state index is 11.3. The number of nitrogens with two attached hydrogens (primary N) is 1. The third-order valence-electron chi connectivity index (χ3n) is 8.11. The Hall–Kier alpha value is -2.29. The van der Waals surface area contributed by atoms with Crippen LogP contribution in [0.3, 0.4) is 0 Å². The molecule has 0 amide bonds. The zero-order chi connectivity index (χ0) is 26.7. The van der Waals surface area contributed by atoms with Crippen molar-refractivity contribution in [2.24, 2.45) is 11.7 Å². The molecule has 3 aromatic rings. The summed E-state index contributed by atoms with van der Waals surface area (Å²) in [5.74, 6) is 0.103. The van der Waals surface area contributed by atoms with Gasteiger partial charge in [-0.3, -0.25) is 0 Å². The molecule has 4 N–H and O–H groups in total. The van der Waals surface area contributed by atoms with Crippen molar-refractivity contribution in [3.63, 3.8) is 0 Å². The maximum Gasteiger partial charge on any atom is 0.184 e. The Morgan fingerprint density at radius 2 is 1.50 bits per heavy atom. The van der Waals surface area contributed by atoms with E-state index >= 15 is 0 Å². The number of aliphatic hydroxyl groups is 2. The first-order valence-corrected chi connectivity index (χ1v) is 13.8. The minimum Gasteiger partial charge on any atom is -0.392 e. The molecule has 38 heavy (non-hydrogen) atoms. The predicted octanol–water partition coefficient (Wildman–Crippen LogP) is 5.07. The van der Waals surface area contributed by atoms with Gasteiger partial charge in [0.25, 0.3) is 0 Å². The van der Waals surface area contributed by atoms with Crippen LogP contribution in [0.25, 0.3) is 0 Å². The van der Waals surface area contributed by atoms with Crippen molar-refractivity contribution in [1.82, 2.24) is 4.90 Å². The molecule has 0 radical (unpaired) electrons. The van der Waals surface area contributed by atoms with E-state index in [9.17, 15) is 10.2 Å². The average Bonchev–Trinajstić information content (AvgIpc) is 2.96. The Morgan fingerprint density at radius 3 is 2.11 bits per heavy atom. The number of halogens is 1. The summed E-state index contributed by atoms with van der Waals surface area (Å²) in [6.45, 7) is 4.99. The van der Waals surface area contributed by atoms with Gasteiger partial charge in [0.15, 0.2) is 6.29 Å². The van der Waals surface area contributed by atoms with E-state index in [0.717, 1.165) is 47.5 Å². The Labute approximate surface area is 229 Å². The predicted molar refractivity (Wildman–Crippen MR) is 148 cm³/mol. The number of rotatable bonds is 7. The van der Waals surface area contributed by atoms with Gasteiger partial charge in [0.2, 0.25) is 0 Å². The number of hydrogen-bond donors (Lipinski definition) is 3. The van der Waals surface area contributed by atoms with Crippen molar-refractivity contribution >= 4 is 11.6 Å². The lowest BCUT2D eigenvalue weighted by Gasteiger charge is -2.45. The first-order valence-electron chi connectivity index (χ1n) is 13.4. The molecule has 3 aromatic carbocycles. The van der Waals surface area contributed by atoms with Crippen LogP contribution in [0.15, 0.2) is 72.8 Å². The van der Waals surface area contributed by atoms with Gasteiger partial charge < -0.3 is 30.3 Å². The molecular formula is C31H37ClN2O4. The summed E-state index contributed by atoms with van der Waals surface area (Å²) in [5, 5.41) is 21.5. The standard InChI is InChI=1S/C31H37ClN2O4/c1-21-28(19-34-16-14-31(36,15-17-34)26-10-12-27(32)13-11-26)37-30(25-8-2-22(18-33)3-9-25)38-29(21)24-6-4-23(20-35)5-7-24/h2-13,21,28-30,35-36H,14-20,33H2,1H3/t21-,28+,29+,30+/m0/s1. The van der Waals surface area contributed by atoms with Gasteiger partial charge >= 0.3 is 0 Å². The van der Waals surface area contributed by atoms with Gasteiger partial charge in [-0.2, -0.15) is 0 Å². The van der Waals surface area contributed by atoms with Crippen LogP contribution >= 0.6 is 11.6 Å². The van der Waals surface area contributed by atoms with E-state index in [1.165, 1.54) is 0 Å². The van der Waals surface area contributed by atoms with E-state index in [0.29, 0.717) is 24.4 Å². The third kappa shape index (κ3) is 5.97. The zero-order valence-corrected chi connectivity index (χ0v) is 22.6. The first kappa shape index (κ1) is 27.3. The quantitative estimate of drug-likeness (QED) is 0.391. The highest BCUT2D eigenvalue weighted by molar-refractivity contribution is 6.30. The smallest absolute Gasteiger partial charge is 0.184 e. The number of ether oxygens (including phenoxy) is 2. The number of aliphatic hydroxyl groups excluding tert-OH is 1. The van der Waals surface area contributed by atoms with Gasteiger partial charge in [-0.15, -0.1) is 0 Å². The Morgan fingerprint density at radius 1 is 0.895 bits per heavy atom. The van der Waals surface area contributed by atoms with Crippen molar-refractivity contribution in [3.8, 4) is 0 Å². The summed E-state index contributed by atoms with van der Waals surface area (Å²) in [5.41, 5.74) is 9.85. The lowest BCUT2D eigenvalue weighted by atomic mass is 9.84. The van der Waals surface area contributed by atoms with Crippen molar-refractivity contribution in [2.75, 3.05) is 19.6 Å². The summed E-state index contributed by atoms with van der Waals surface area (Å²) in [6, 6.07) is 23.6. The molecule has 0 saturated carbocycles. The molecule has 6 nitrogen and oxygen atoms in total. The SMILES string of the molecule is C[C@H]1[C@@H](CN2CCC(O)(c3ccc(Cl)cc3)CC2)O[C@@H](c2ccc(CN)cc2)O[C@H]1c1ccc(CO)cc1. The molecule has 0 aliphatic carbocycles. The molecule has 2 aliphatic heterocycles. The maximum absolute atomic E-state index is 11.3. The highest BCUT2D eigenvalue weighted by atomic mass is 35.5. The summed E-state index contributed by atoms with van der Waals surface area (Å²) in [7, 11) is 0. The number of likely N-dealkylation sites (tertiary alicyclic amines) is 1. The molecular weight excluding hydrogens is 500 g/mol. The van der Waals surface area contributed by atoms with E-state index in [1.807, 2.05) is 72.8 Å². The molecule has 2 saturated heterocycles. The minimum atomic E-state index is -0.840. The van der Waals surface area contributed by atoms with Gasteiger partial charge in [-0.1, -0.05) is 79.2 Å². The Bertz CT molecular complexity index is 1180. The van der Waals surface area contributed by atoms with Gasteiger partial charge in [0.1, 0.15) is 0 Å². The lowest BCUT2D eigenvalue weighted by Crippen LogP contribution is -2.49. The monoisotopic (exact) mass is 536 g/mol. The normalized spacial score (nSPS) is 25.8. The van der Waals surface area contributed by atoms with Crippen LogP contribution in [0, 0.1) is 5.92 Å². The second kappa shape index (κ2) is 11.8. The number of piperidine rings is 1. The van der Waals surface area contributed by atoms with Gasteiger partial charge in [-0.25, -0.2) is 0 Å². The minimum absolute atomic E-state index is 0.0144. The molecule has 5 rings (SSSR count). The van der Waals surface area contributed by atoms with E-state index in [4.69, 9.17) is 26.8 Å². The van der Waals surface area contributed by atoms with Crippen molar-refractivity contribution in [2.45, 2.75) is 57.0 Å². The molecule has 7 heteroatoms. The molecule has 2 aliphatic rings. The fourth-order valence-electron chi connectivity index (χ4n) is 5.55. The van der Waals surface area contributed by atoms with Crippen LogP contribution in [0.2, 0.25) is 5.02 Å². The van der Waals surface area contributed by atoms with Crippen LogP contribution in [-0.2, 0) is 28.2 Å². The fraction of sp³-hybridized carbons (Fsp3) is 0.419. The lowest BCUT2D eigenvalue weighted by molar-refractivity contribution is -0.277. The third-order valence-corrected chi connectivity index (χ3v) is 8.37.